The van der Waals surface area contributed by atoms with E-state index in [1.54, 1.807) is 25.3 Å². The van der Waals surface area contributed by atoms with Crippen molar-refractivity contribution in [2.24, 2.45) is 5.10 Å². The Labute approximate surface area is 185 Å². The van der Waals surface area contributed by atoms with Crippen molar-refractivity contribution in [2.45, 2.75) is 53.4 Å². The van der Waals surface area contributed by atoms with Crippen LogP contribution >= 0.6 is 0 Å². The molecule has 0 aromatic heterocycles. The van der Waals surface area contributed by atoms with Crippen LogP contribution in [0.5, 0.6) is 0 Å². The number of ether oxygens (including phenoxy) is 1. The summed E-state index contributed by atoms with van der Waals surface area (Å²) in [5, 5.41) is 9.60. The largest absolute Gasteiger partial charge is 0.522 e. The number of alkyl halides is 3. The van der Waals surface area contributed by atoms with Gasteiger partial charge in [0.25, 0.3) is 0 Å². The van der Waals surface area contributed by atoms with E-state index in [0.29, 0.717) is 12.1 Å². The van der Waals surface area contributed by atoms with Crippen LogP contribution in [0.4, 0.5) is 13.2 Å². The van der Waals surface area contributed by atoms with Crippen LogP contribution < -0.4 is 5.32 Å². The van der Waals surface area contributed by atoms with Gasteiger partial charge in [-0.3, -0.25) is 9.75 Å². The molecule has 0 aliphatic carbocycles. The summed E-state index contributed by atoms with van der Waals surface area (Å²) in [5.74, 6) is 0. The zero-order chi connectivity index (χ0) is 23.5. The molecule has 0 aliphatic heterocycles. The minimum absolute atomic E-state index is 0.537. The molecule has 1 rings (SSSR count). The highest BCUT2D eigenvalue weighted by molar-refractivity contribution is 5.81. The second kappa shape index (κ2) is 17.3. The molecule has 4 nitrogen and oxygen atoms in total. The number of hydrogen-bond acceptors (Lipinski definition) is 4. The Morgan fingerprint density at radius 3 is 2.29 bits per heavy atom. The maximum Gasteiger partial charge on any atom is 0.522 e. The van der Waals surface area contributed by atoms with Gasteiger partial charge in [0.2, 0.25) is 0 Å². The van der Waals surface area contributed by atoms with Gasteiger partial charge >= 0.3 is 6.36 Å². The predicted molar refractivity (Wildman–Crippen MR) is 124 cm³/mol. The van der Waals surface area contributed by atoms with Crippen LogP contribution in [-0.4, -0.2) is 37.8 Å². The third-order valence-corrected chi connectivity index (χ3v) is 3.80. The molecule has 1 aromatic rings. The van der Waals surface area contributed by atoms with E-state index in [9.17, 15) is 13.2 Å². The average Bonchev–Trinajstić information content (AvgIpc) is 2.74. The average molecular weight is 440 g/mol. The number of nitrogens with zero attached hydrogens (tertiary/aromatic N) is 2. The van der Waals surface area contributed by atoms with Crippen molar-refractivity contribution >= 4 is 6.21 Å². The van der Waals surface area contributed by atoms with Crippen molar-refractivity contribution in [2.75, 3.05) is 20.2 Å². The first-order chi connectivity index (χ1) is 14.8. The van der Waals surface area contributed by atoms with Gasteiger partial charge in [0.1, 0.15) is 0 Å². The maximum atomic E-state index is 12.0. The van der Waals surface area contributed by atoms with Gasteiger partial charge in [-0.2, -0.15) is 5.10 Å². The molecule has 174 valence electrons. The summed E-state index contributed by atoms with van der Waals surface area (Å²) in [5.41, 5.74) is 2.85. The fraction of sp³-hybridized carbons (Fsp3) is 0.458. The van der Waals surface area contributed by atoms with E-state index < -0.39 is 13.0 Å². The number of rotatable bonds is 11. The lowest BCUT2D eigenvalue weighted by Crippen LogP contribution is -2.20. The van der Waals surface area contributed by atoms with Crippen LogP contribution in [0.15, 0.2) is 71.0 Å². The first-order valence-electron chi connectivity index (χ1n) is 10.5. The Morgan fingerprint density at radius 1 is 1.13 bits per heavy atom. The Hall–Kier alpha value is -2.38. The van der Waals surface area contributed by atoms with Crippen LogP contribution in [0.2, 0.25) is 0 Å². The Kier molecular flexibility index (Phi) is 16.0. The minimum Gasteiger partial charge on any atom is -0.319 e. The summed E-state index contributed by atoms with van der Waals surface area (Å²) in [6, 6.07) is 9.96. The second-order valence-electron chi connectivity index (χ2n) is 6.58. The van der Waals surface area contributed by atoms with E-state index in [4.69, 9.17) is 0 Å². The summed E-state index contributed by atoms with van der Waals surface area (Å²) in [6.45, 7) is 8.88. The number of nitrogens with one attached hydrogen (secondary N) is 1. The van der Waals surface area contributed by atoms with Crippen LogP contribution in [0.25, 0.3) is 0 Å². The standard InChI is InChI=1S/C21H28F3N3O.C3H8/c1-4-18(12-9-15-28-21(22,23)24)16-26-27(20(5-2)13-14-25-3)17-19-10-7-6-8-11-19;1-3-2/h4-12,16,25H,13-15,17H2,1-3H3;3H2,1-2H3/b12-9-,18-4+,20-5+,26-16+;. The van der Waals surface area contributed by atoms with E-state index in [2.05, 4.69) is 29.0 Å². The lowest BCUT2D eigenvalue weighted by Gasteiger charge is -2.22. The zero-order valence-corrected chi connectivity index (χ0v) is 19.2. The highest BCUT2D eigenvalue weighted by atomic mass is 19.4. The van der Waals surface area contributed by atoms with E-state index in [1.807, 2.05) is 55.4 Å². The van der Waals surface area contributed by atoms with Gasteiger partial charge in [0.05, 0.1) is 19.4 Å². The summed E-state index contributed by atoms with van der Waals surface area (Å²) in [6.07, 6.45) is 5.71. The van der Waals surface area contributed by atoms with Crippen LogP contribution in [0.3, 0.4) is 0 Å². The summed E-state index contributed by atoms with van der Waals surface area (Å²) < 4.78 is 39.9. The lowest BCUT2D eigenvalue weighted by molar-refractivity contribution is -0.319. The number of allylic oxidation sites excluding steroid dienone is 4. The Morgan fingerprint density at radius 2 is 1.77 bits per heavy atom. The molecule has 0 spiro atoms. The van der Waals surface area contributed by atoms with E-state index in [1.165, 1.54) is 12.5 Å². The van der Waals surface area contributed by atoms with Gasteiger partial charge in [0.15, 0.2) is 0 Å². The molecule has 0 atom stereocenters. The van der Waals surface area contributed by atoms with Gasteiger partial charge in [-0.15, -0.1) is 13.2 Å². The highest BCUT2D eigenvalue weighted by Gasteiger charge is 2.27. The van der Waals surface area contributed by atoms with E-state index in [-0.39, 0.29) is 0 Å². The second-order valence-corrected chi connectivity index (χ2v) is 6.58. The van der Waals surface area contributed by atoms with Gasteiger partial charge in [-0.1, -0.05) is 74.9 Å². The Balaban J connectivity index is 0.00000282. The molecule has 0 amide bonds. The van der Waals surface area contributed by atoms with Crippen LogP contribution in [0, 0.1) is 0 Å². The first-order valence-corrected chi connectivity index (χ1v) is 10.5. The number of hydrogen-bond donors (Lipinski definition) is 1. The highest BCUT2D eigenvalue weighted by Crippen LogP contribution is 2.16. The molecule has 1 aromatic carbocycles. The van der Waals surface area contributed by atoms with Crippen molar-refractivity contribution in [1.29, 1.82) is 0 Å². The third-order valence-electron chi connectivity index (χ3n) is 3.80. The SMILES string of the molecule is C/C=C(\C=C/COC(F)(F)F)/C=N/N(Cc1ccccc1)/C(=C/C)CCNC.CCC. The van der Waals surface area contributed by atoms with Crippen molar-refractivity contribution in [3.8, 4) is 0 Å². The molecule has 0 heterocycles. The number of halogens is 3. The molecule has 0 bridgehead atoms. The van der Waals surface area contributed by atoms with Crippen molar-refractivity contribution in [3.05, 3.63) is 71.5 Å². The predicted octanol–water partition coefficient (Wildman–Crippen LogP) is 6.44. The molecule has 0 unspecified atom stereocenters. The molecular weight excluding hydrogens is 403 g/mol. The molecule has 31 heavy (non-hydrogen) atoms. The quantitative estimate of drug-likeness (QED) is 0.245. The monoisotopic (exact) mass is 439 g/mol. The third kappa shape index (κ3) is 15.1. The van der Waals surface area contributed by atoms with Gasteiger partial charge in [-0.05, 0) is 32.0 Å². The van der Waals surface area contributed by atoms with Crippen LogP contribution in [0.1, 0.15) is 46.1 Å². The van der Waals surface area contributed by atoms with Crippen LogP contribution in [-0.2, 0) is 11.3 Å². The smallest absolute Gasteiger partial charge is 0.319 e. The van der Waals surface area contributed by atoms with Gasteiger partial charge in [0, 0.05) is 18.7 Å². The summed E-state index contributed by atoms with van der Waals surface area (Å²) in [4.78, 5) is 0. The summed E-state index contributed by atoms with van der Waals surface area (Å²) >= 11 is 0. The molecule has 0 saturated heterocycles. The topological polar surface area (TPSA) is 36.9 Å². The van der Waals surface area contributed by atoms with E-state index in [0.717, 1.165) is 24.2 Å². The minimum atomic E-state index is -4.63. The van der Waals surface area contributed by atoms with Crippen molar-refractivity contribution in [3.63, 3.8) is 0 Å². The molecule has 1 N–H and O–H groups in total. The summed E-state index contributed by atoms with van der Waals surface area (Å²) in [7, 11) is 1.89. The van der Waals surface area contributed by atoms with Gasteiger partial charge in [-0.25, -0.2) is 0 Å². The normalized spacial score (nSPS) is 12.9. The molecule has 0 aliphatic rings. The molecule has 7 heteroatoms. The van der Waals surface area contributed by atoms with Crippen molar-refractivity contribution < 1.29 is 17.9 Å². The fourth-order valence-electron chi connectivity index (χ4n) is 2.33. The van der Waals surface area contributed by atoms with Crippen molar-refractivity contribution in [1.82, 2.24) is 10.3 Å². The molecule has 0 fully saturated rings. The van der Waals surface area contributed by atoms with Gasteiger partial charge < -0.3 is 5.32 Å². The molecular formula is C24H36F3N3O. The molecule has 0 radical (unpaired) electrons. The first kappa shape index (κ1) is 28.6. The number of benzene rings is 1. The Bertz CT molecular complexity index is 696. The maximum absolute atomic E-state index is 12.0. The fourth-order valence-corrected chi connectivity index (χ4v) is 2.33. The lowest BCUT2D eigenvalue weighted by atomic mass is 10.2. The van der Waals surface area contributed by atoms with E-state index >= 15 is 0 Å². The zero-order valence-electron chi connectivity index (χ0n) is 19.2. The molecule has 0 saturated carbocycles. The number of hydrazone groups is 1.